The van der Waals surface area contributed by atoms with Crippen LogP contribution in [0.15, 0.2) is 11.6 Å². The van der Waals surface area contributed by atoms with Crippen molar-refractivity contribution < 1.29 is 4.79 Å². The van der Waals surface area contributed by atoms with Crippen molar-refractivity contribution in [2.24, 2.45) is 0 Å². The Morgan fingerprint density at radius 2 is 2.75 bits per heavy atom. The molecule has 0 radical (unpaired) electrons. The van der Waals surface area contributed by atoms with Crippen LogP contribution in [0.4, 0.5) is 5.69 Å². The molecule has 3 nitrogen and oxygen atoms in total. The third kappa shape index (κ3) is 1.04. The van der Waals surface area contributed by atoms with E-state index in [0.29, 0.717) is 6.41 Å². The number of aromatic nitrogens is 1. The van der Waals surface area contributed by atoms with Gasteiger partial charge in [-0.2, -0.15) is 4.37 Å². The summed E-state index contributed by atoms with van der Waals surface area (Å²) in [5.74, 6) is 0. The fourth-order valence-electron chi connectivity index (χ4n) is 0.344. The molecule has 0 saturated heterocycles. The van der Waals surface area contributed by atoms with E-state index in [2.05, 4.69) is 9.69 Å². The highest BCUT2D eigenvalue weighted by molar-refractivity contribution is 7.04. The molecule has 1 aromatic rings. The van der Waals surface area contributed by atoms with E-state index in [1.54, 1.807) is 11.6 Å². The van der Waals surface area contributed by atoms with Crippen LogP contribution in [-0.4, -0.2) is 10.8 Å². The van der Waals surface area contributed by atoms with Gasteiger partial charge in [-0.15, -0.1) is 0 Å². The summed E-state index contributed by atoms with van der Waals surface area (Å²) in [4.78, 5) is 9.74. The molecule has 0 unspecified atom stereocenters. The van der Waals surface area contributed by atoms with Gasteiger partial charge in [0.05, 0.1) is 11.9 Å². The molecule has 0 bridgehead atoms. The van der Waals surface area contributed by atoms with Crippen LogP contribution in [-0.2, 0) is 4.79 Å². The highest BCUT2D eigenvalue weighted by Gasteiger charge is 1.85. The van der Waals surface area contributed by atoms with Crippen molar-refractivity contribution in [1.29, 1.82) is 0 Å². The van der Waals surface area contributed by atoms with Gasteiger partial charge in [0.1, 0.15) is 0 Å². The van der Waals surface area contributed by atoms with Crippen LogP contribution >= 0.6 is 11.5 Å². The Balaban J connectivity index is 2.62. The number of anilines is 1. The second-order valence-corrected chi connectivity index (χ2v) is 1.83. The predicted molar refractivity (Wildman–Crippen MR) is 31.8 cm³/mol. The van der Waals surface area contributed by atoms with Gasteiger partial charge in [-0.3, -0.25) is 4.79 Å². The van der Waals surface area contributed by atoms with Crippen LogP contribution in [0.25, 0.3) is 0 Å². The number of carbonyl (C=O) groups excluding carboxylic acids is 1. The molecule has 4 heteroatoms. The van der Waals surface area contributed by atoms with Crippen LogP contribution in [0, 0.1) is 0 Å². The lowest BCUT2D eigenvalue weighted by molar-refractivity contribution is -0.105. The van der Waals surface area contributed by atoms with Crippen molar-refractivity contribution in [3.63, 3.8) is 0 Å². The third-order valence-corrected chi connectivity index (χ3v) is 1.24. The number of nitrogens with one attached hydrogen (secondary N) is 1. The summed E-state index contributed by atoms with van der Waals surface area (Å²) in [7, 11) is 0. The van der Waals surface area contributed by atoms with Gasteiger partial charge >= 0.3 is 0 Å². The zero-order chi connectivity index (χ0) is 5.82. The van der Waals surface area contributed by atoms with Gasteiger partial charge in [0.2, 0.25) is 6.41 Å². The van der Waals surface area contributed by atoms with Crippen LogP contribution in [0.3, 0.4) is 0 Å². The second kappa shape index (κ2) is 2.42. The number of rotatable bonds is 2. The summed E-state index contributed by atoms with van der Waals surface area (Å²) < 4.78 is 3.76. The monoisotopic (exact) mass is 128 g/mol. The number of nitrogens with zero attached hydrogens (tertiary/aromatic N) is 1. The molecule has 0 aliphatic heterocycles. The van der Waals surface area contributed by atoms with E-state index in [9.17, 15) is 4.79 Å². The van der Waals surface area contributed by atoms with Crippen molar-refractivity contribution in [2.75, 3.05) is 5.32 Å². The van der Waals surface area contributed by atoms with Gasteiger partial charge in [0.15, 0.2) is 0 Å². The number of amides is 1. The fourth-order valence-corrected chi connectivity index (χ4v) is 0.822. The first-order valence-electron chi connectivity index (χ1n) is 2.03. The molecule has 1 N–H and O–H groups in total. The maximum Gasteiger partial charge on any atom is 0.211 e. The highest BCUT2D eigenvalue weighted by atomic mass is 32.1. The molecule has 0 aliphatic carbocycles. The molecule has 1 amide bonds. The lowest BCUT2D eigenvalue weighted by Gasteiger charge is -1.83. The van der Waals surface area contributed by atoms with E-state index in [-0.39, 0.29) is 0 Å². The number of hydrogen-bond acceptors (Lipinski definition) is 3. The highest BCUT2D eigenvalue weighted by Crippen LogP contribution is 2.05. The van der Waals surface area contributed by atoms with Crippen LogP contribution in [0.5, 0.6) is 0 Å². The fraction of sp³-hybridized carbons (Fsp3) is 0. The minimum atomic E-state index is 0.629. The SMILES string of the molecule is O=CNc1cnsc1. The quantitative estimate of drug-likeness (QED) is 0.596. The summed E-state index contributed by atoms with van der Waals surface area (Å²) >= 11 is 1.31. The van der Waals surface area contributed by atoms with Gasteiger partial charge < -0.3 is 5.32 Å². The lowest BCUT2D eigenvalue weighted by atomic mass is 10.6. The minimum absolute atomic E-state index is 0.629. The van der Waals surface area contributed by atoms with Crippen molar-refractivity contribution in [3.8, 4) is 0 Å². The zero-order valence-corrected chi connectivity index (χ0v) is 4.81. The second-order valence-electron chi connectivity index (χ2n) is 1.18. The maximum absolute atomic E-state index is 9.74. The van der Waals surface area contributed by atoms with E-state index < -0.39 is 0 Å². The summed E-state index contributed by atoms with van der Waals surface area (Å²) in [6, 6.07) is 0. The molecule has 0 spiro atoms. The summed E-state index contributed by atoms with van der Waals surface area (Å²) in [6.45, 7) is 0. The maximum atomic E-state index is 9.74. The average molecular weight is 128 g/mol. The molecule has 0 saturated carbocycles. The first-order valence-corrected chi connectivity index (χ1v) is 2.86. The minimum Gasteiger partial charge on any atom is -0.327 e. The van der Waals surface area contributed by atoms with Crippen LogP contribution in [0.2, 0.25) is 0 Å². The topological polar surface area (TPSA) is 42.0 Å². The van der Waals surface area contributed by atoms with Crippen molar-refractivity contribution >= 4 is 23.6 Å². The standard InChI is InChI=1S/C4H4N2OS/c7-3-5-4-1-6-8-2-4/h1-3H,(H,5,7). The molecule has 0 atom stereocenters. The van der Waals surface area contributed by atoms with Crippen LogP contribution in [0.1, 0.15) is 0 Å². The molecule has 1 aromatic heterocycles. The van der Waals surface area contributed by atoms with E-state index in [4.69, 9.17) is 0 Å². The molecule has 8 heavy (non-hydrogen) atoms. The van der Waals surface area contributed by atoms with Gasteiger partial charge in [-0.25, -0.2) is 0 Å². The largest absolute Gasteiger partial charge is 0.327 e. The van der Waals surface area contributed by atoms with Gasteiger partial charge in [-0.1, -0.05) is 0 Å². The van der Waals surface area contributed by atoms with E-state index >= 15 is 0 Å². The van der Waals surface area contributed by atoms with E-state index in [0.717, 1.165) is 5.69 Å². The first-order chi connectivity index (χ1) is 3.93. The molecule has 0 aromatic carbocycles. The molecule has 42 valence electrons. The Labute approximate surface area is 50.5 Å². The van der Waals surface area contributed by atoms with Gasteiger partial charge in [0, 0.05) is 5.38 Å². The summed E-state index contributed by atoms with van der Waals surface area (Å²) in [6.07, 6.45) is 2.22. The van der Waals surface area contributed by atoms with Gasteiger partial charge in [-0.05, 0) is 11.5 Å². The first kappa shape index (κ1) is 5.24. The lowest BCUT2D eigenvalue weighted by Crippen LogP contribution is -1.89. The third-order valence-electron chi connectivity index (χ3n) is 0.658. The van der Waals surface area contributed by atoms with Crippen molar-refractivity contribution in [1.82, 2.24) is 4.37 Å². The number of carbonyl (C=O) groups is 1. The van der Waals surface area contributed by atoms with Crippen LogP contribution < -0.4 is 5.32 Å². The van der Waals surface area contributed by atoms with Crippen molar-refractivity contribution in [2.45, 2.75) is 0 Å². The van der Waals surface area contributed by atoms with E-state index in [1.165, 1.54) is 11.5 Å². The summed E-state index contributed by atoms with van der Waals surface area (Å²) in [5.41, 5.74) is 0.755. The van der Waals surface area contributed by atoms with Gasteiger partial charge in [0.25, 0.3) is 0 Å². The zero-order valence-electron chi connectivity index (χ0n) is 4.00. The molecule has 1 rings (SSSR count). The smallest absolute Gasteiger partial charge is 0.211 e. The Morgan fingerprint density at radius 1 is 1.88 bits per heavy atom. The summed E-state index contributed by atoms with van der Waals surface area (Å²) in [5, 5.41) is 4.21. The predicted octanol–water partition coefficient (Wildman–Crippen LogP) is 0.711. The Bertz CT molecular complexity index is 161. The Hall–Kier alpha value is -0.900. The molecule has 1 heterocycles. The normalized spacial score (nSPS) is 8.50. The molecule has 0 aliphatic rings. The van der Waals surface area contributed by atoms with Crippen molar-refractivity contribution in [3.05, 3.63) is 11.6 Å². The Kier molecular flexibility index (Phi) is 1.58. The Morgan fingerprint density at radius 3 is 3.25 bits per heavy atom. The molecular weight excluding hydrogens is 124 g/mol. The number of hydrogen-bond donors (Lipinski definition) is 1. The average Bonchev–Trinajstić information content (AvgIpc) is 2.19. The van der Waals surface area contributed by atoms with E-state index in [1.807, 2.05) is 0 Å². The molecular formula is C4H4N2OS. The molecule has 0 fully saturated rings.